The SMILES string of the molecule is C/C(=C\c1c(C)oc2ccccc12)CNCC(C)C. The minimum Gasteiger partial charge on any atom is -0.461 e. The van der Waals surface area contributed by atoms with Crippen LogP contribution >= 0.6 is 0 Å². The third-order valence-electron chi connectivity index (χ3n) is 3.17. The van der Waals surface area contributed by atoms with Gasteiger partial charge in [-0.3, -0.25) is 0 Å². The third-order valence-corrected chi connectivity index (χ3v) is 3.17. The molecule has 0 saturated carbocycles. The Bertz CT molecular complexity index is 578. The van der Waals surface area contributed by atoms with Gasteiger partial charge in [0.25, 0.3) is 0 Å². The van der Waals surface area contributed by atoms with Crippen molar-refractivity contribution in [1.82, 2.24) is 5.32 Å². The van der Waals surface area contributed by atoms with E-state index in [1.807, 2.05) is 19.1 Å². The highest BCUT2D eigenvalue weighted by Crippen LogP contribution is 2.27. The van der Waals surface area contributed by atoms with Crippen LogP contribution in [0.2, 0.25) is 0 Å². The van der Waals surface area contributed by atoms with E-state index in [1.54, 1.807) is 0 Å². The Balaban J connectivity index is 2.17. The molecule has 102 valence electrons. The van der Waals surface area contributed by atoms with E-state index >= 15 is 0 Å². The van der Waals surface area contributed by atoms with Crippen LogP contribution in [0.4, 0.5) is 0 Å². The molecule has 1 heterocycles. The van der Waals surface area contributed by atoms with Gasteiger partial charge in [-0.25, -0.2) is 0 Å². The molecular weight excluding hydrogens is 234 g/mol. The summed E-state index contributed by atoms with van der Waals surface area (Å²) in [5, 5.41) is 4.66. The molecule has 2 heteroatoms. The molecule has 1 N–H and O–H groups in total. The first kappa shape index (κ1) is 13.9. The van der Waals surface area contributed by atoms with Crippen LogP contribution in [0.1, 0.15) is 32.1 Å². The molecule has 0 fully saturated rings. The fourth-order valence-electron chi connectivity index (χ4n) is 2.22. The van der Waals surface area contributed by atoms with Crippen molar-refractivity contribution in [2.45, 2.75) is 27.7 Å². The minimum atomic E-state index is 0.685. The van der Waals surface area contributed by atoms with Gasteiger partial charge >= 0.3 is 0 Å². The number of rotatable bonds is 5. The molecule has 1 aromatic heterocycles. The van der Waals surface area contributed by atoms with E-state index in [4.69, 9.17) is 4.42 Å². The molecule has 0 atom stereocenters. The average Bonchev–Trinajstić information content (AvgIpc) is 2.66. The van der Waals surface area contributed by atoms with Crippen molar-refractivity contribution in [3.63, 3.8) is 0 Å². The lowest BCUT2D eigenvalue weighted by atomic mass is 10.1. The highest BCUT2D eigenvalue weighted by molar-refractivity contribution is 5.88. The fourth-order valence-corrected chi connectivity index (χ4v) is 2.22. The van der Waals surface area contributed by atoms with Crippen LogP contribution < -0.4 is 5.32 Å². The quantitative estimate of drug-likeness (QED) is 0.859. The van der Waals surface area contributed by atoms with Crippen molar-refractivity contribution >= 4 is 17.0 Å². The second-order valence-corrected chi connectivity index (χ2v) is 5.58. The molecule has 0 amide bonds. The molecule has 2 aromatic rings. The Morgan fingerprint density at radius 1 is 1.32 bits per heavy atom. The number of hydrogen-bond acceptors (Lipinski definition) is 2. The molecule has 2 nitrogen and oxygen atoms in total. The number of fused-ring (bicyclic) bond motifs is 1. The second kappa shape index (κ2) is 6.07. The first-order valence-electron chi connectivity index (χ1n) is 6.94. The molecule has 0 saturated heterocycles. The predicted octanol–water partition coefficient (Wildman–Crippen LogP) is 4.39. The lowest BCUT2D eigenvalue weighted by Gasteiger charge is -2.07. The predicted molar refractivity (Wildman–Crippen MR) is 82.3 cm³/mol. The Morgan fingerprint density at radius 3 is 2.79 bits per heavy atom. The Hall–Kier alpha value is -1.54. The molecule has 0 radical (unpaired) electrons. The second-order valence-electron chi connectivity index (χ2n) is 5.58. The van der Waals surface area contributed by atoms with E-state index in [2.05, 4.69) is 44.3 Å². The number of para-hydroxylation sites is 1. The van der Waals surface area contributed by atoms with Gasteiger partial charge in [-0.05, 0) is 32.4 Å². The van der Waals surface area contributed by atoms with Crippen molar-refractivity contribution in [1.29, 1.82) is 0 Å². The van der Waals surface area contributed by atoms with Crippen molar-refractivity contribution in [3.05, 3.63) is 41.2 Å². The Labute approximate surface area is 115 Å². The van der Waals surface area contributed by atoms with Gasteiger partial charge in [-0.15, -0.1) is 0 Å². The van der Waals surface area contributed by atoms with Crippen LogP contribution in [0.25, 0.3) is 17.0 Å². The van der Waals surface area contributed by atoms with E-state index in [-0.39, 0.29) is 0 Å². The Kier molecular flexibility index (Phi) is 4.43. The summed E-state index contributed by atoms with van der Waals surface area (Å²) in [4.78, 5) is 0. The monoisotopic (exact) mass is 257 g/mol. The highest BCUT2D eigenvalue weighted by atomic mass is 16.3. The summed E-state index contributed by atoms with van der Waals surface area (Å²) >= 11 is 0. The van der Waals surface area contributed by atoms with Gasteiger partial charge in [0.15, 0.2) is 0 Å². The van der Waals surface area contributed by atoms with Gasteiger partial charge in [0.05, 0.1) is 0 Å². The summed E-state index contributed by atoms with van der Waals surface area (Å²) in [6.07, 6.45) is 2.23. The van der Waals surface area contributed by atoms with E-state index in [1.165, 1.54) is 16.5 Å². The number of benzene rings is 1. The van der Waals surface area contributed by atoms with Crippen molar-refractivity contribution in [2.75, 3.05) is 13.1 Å². The zero-order valence-electron chi connectivity index (χ0n) is 12.3. The zero-order valence-corrected chi connectivity index (χ0v) is 12.3. The van der Waals surface area contributed by atoms with Crippen molar-refractivity contribution < 1.29 is 4.42 Å². The van der Waals surface area contributed by atoms with Crippen LogP contribution in [-0.2, 0) is 0 Å². The molecule has 0 unspecified atom stereocenters. The first-order valence-corrected chi connectivity index (χ1v) is 6.94. The molecule has 2 rings (SSSR count). The molecule has 0 aliphatic carbocycles. The van der Waals surface area contributed by atoms with Gasteiger partial charge in [0.1, 0.15) is 11.3 Å². The van der Waals surface area contributed by atoms with Gasteiger partial charge in [-0.2, -0.15) is 0 Å². The summed E-state index contributed by atoms with van der Waals surface area (Å²) in [7, 11) is 0. The summed E-state index contributed by atoms with van der Waals surface area (Å²) < 4.78 is 5.78. The molecule has 0 aliphatic rings. The van der Waals surface area contributed by atoms with E-state index < -0.39 is 0 Å². The number of aryl methyl sites for hydroxylation is 1. The molecule has 0 aliphatic heterocycles. The smallest absolute Gasteiger partial charge is 0.134 e. The largest absolute Gasteiger partial charge is 0.461 e. The van der Waals surface area contributed by atoms with Gasteiger partial charge in [0, 0.05) is 17.5 Å². The molecule has 0 spiro atoms. The van der Waals surface area contributed by atoms with Gasteiger partial charge in [0.2, 0.25) is 0 Å². The van der Waals surface area contributed by atoms with Crippen LogP contribution in [0, 0.1) is 12.8 Å². The van der Waals surface area contributed by atoms with E-state index in [0.29, 0.717) is 5.92 Å². The summed E-state index contributed by atoms with van der Waals surface area (Å²) in [5.41, 5.74) is 3.50. The highest BCUT2D eigenvalue weighted by Gasteiger charge is 2.08. The molecule has 19 heavy (non-hydrogen) atoms. The molecular formula is C17H23NO. The standard InChI is InChI=1S/C17H23NO/c1-12(2)10-18-11-13(3)9-16-14(4)19-17-8-6-5-7-15(16)17/h5-9,12,18H,10-11H2,1-4H3/b13-9+. The third kappa shape index (κ3) is 3.48. The normalized spacial score (nSPS) is 12.6. The van der Waals surface area contributed by atoms with Crippen LogP contribution in [0.3, 0.4) is 0 Å². The van der Waals surface area contributed by atoms with Gasteiger partial charge < -0.3 is 9.73 Å². The van der Waals surface area contributed by atoms with Crippen LogP contribution in [-0.4, -0.2) is 13.1 Å². The molecule has 1 aromatic carbocycles. The molecule has 0 bridgehead atoms. The Morgan fingerprint density at radius 2 is 2.05 bits per heavy atom. The van der Waals surface area contributed by atoms with Crippen molar-refractivity contribution in [2.24, 2.45) is 5.92 Å². The van der Waals surface area contributed by atoms with Crippen LogP contribution in [0.5, 0.6) is 0 Å². The summed E-state index contributed by atoms with van der Waals surface area (Å²) in [6.45, 7) is 10.6. The first-order chi connectivity index (χ1) is 9.08. The number of hydrogen-bond donors (Lipinski definition) is 1. The van der Waals surface area contributed by atoms with Gasteiger partial charge in [-0.1, -0.05) is 43.7 Å². The summed E-state index contributed by atoms with van der Waals surface area (Å²) in [6, 6.07) is 8.20. The number of nitrogens with one attached hydrogen (secondary N) is 1. The van der Waals surface area contributed by atoms with E-state index in [0.717, 1.165) is 24.4 Å². The van der Waals surface area contributed by atoms with Crippen LogP contribution in [0.15, 0.2) is 34.3 Å². The van der Waals surface area contributed by atoms with E-state index in [9.17, 15) is 0 Å². The topological polar surface area (TPSA) is 25.2 Å². The lowest BCUT2D eigenvalue weighted by Crippen LogP contribution is -2.21. The fraction of sp³-hybridized carbons (Fsp3) is 0.412. The summed E-state index contributed by atoms with van der Waals surface area (Å²) in [5.74, 6) is 1.67. The zero-order chi connectivity index (χ0) is 13.8. The minimum absolute atomic E-state index is 0.685. The maximum atomic E-state index is 5.78. The maximum absolute atomic E-state index is 5.78. The maximum Gasteiger partial charge on any atom is 0.134 e. The number of furan rings is 1. The average molecular weight is 257 g/mol. The van der Waals surface area contributed by atoms with Crippen molar-refractivity contribution in [3.8, 4) is 0 Å². The lowest BCUT2D eigenvalue weighted by molar-refractivity contribution is 0.571.